The molecule has 0 saturated heterocycles. The van der Waals surface area contributed by atoms with Gasteiger partial charge in [0.05, 0.1) is 0 Å². The summed E-state index contributed by atoms with van der Waals surface area (Å²) in [6.45, 7) is -2.43. The van der Waals surface area contributed by atoms with E-state index in [1.54, 1.807) is 97.9 Å². The van der Waals surface area contributed by atoms with E-state index in [1.165, 1.54) is 0 Å². The van der Waals surface area contributed by atoms with Crippen molar-refractivity contribution in [1.29, 1.82) is 0 Å². The second kappa shape index (κ2) is 7.40. The Labute approximate surface area is 162 Å². The number of rotatable bonds is 5. The van der Waals surface area contributed by atoms with Gasteiger partial charge in [0, 0.05) is 0 Å². The molecule has 6 heteroatoms. The average Bonchev–Trinajstić information content (AvgIpc) is 2.73. The molecule has 146 valence electrons. The summed E-state index contributed by atoms with van der Waals surface area (Å²) in [5, 5.41) is 1.72. The van der Waals surface area contributed by atoms with Crippen molar-refractivity contribution in [1.82, 2.24) is 0 Å². The van der Waals surface area contributed by atoms with Crippen LogP contribution in [0.1, 0.15) is 6.92 Å². The van der Waals surface area contributed by atoms with Crippen LogP contribution in [0.2, 0.25) is 0 Å². The van der Waals surface area contributed by atoms with Crippen LogP contribution in [0.5, 0.6) is 0 Å². The molecule has 0 spiro atoms. The van der Waals surface area contributed by atoms with Crippen molar-refractivity contribution in [2.24, 2.45) is 0 Å². The molecule has 2 nitrogen and oxygen atoms in total. The quantitative estimate of drug-likeness (QED) is 0.583. The van der Waals surface area contributed by atoms with Gasteiger partial charge in [-0.2, -0.15) is 0 Å². The number of halogens is 3. The SMILES string of the molecule is CCP(OC(=O)C(F)(F)F)(c1ccccc1)(c1ccccc1)c1ccccc1. The van der Waals surface area contributed by atoms with Crippen LogP contribution in [0.15, 0.2) is 91.0 Å². The molecule has 0 atom stereocenters. The molecule has 3 aromatic carbocycles. The monoisotopic (exact) mass is 404 g/mol. The molecule has 0 aromatic heterocycles. The van der Waals surface area contributed by atoms with E-state index in [9.17, 15) is 18.0 Å². The maximum atomic E-state index is 13.4. The Bertz CT molecular complexity index is 842. The predicted molar refractivity (Wildman–Crippen MR) is 108 cm³/mol. The van der Waals surface area contributed by atoms with E-state index in [-0.39, 0.29) is 6.16 Å². The van der Waals surface area contributed by atoms with Crippen molar-refractivity contribution in [3.8, 4) is 0 Å². The van der Waals surface area contributed by atoms with Crippen LogP contribution in [-0.2, 0) is 9.32 Å². The Kier molecular flexibility index (Phi) is 5.31. The Hall–Kier alpha value is -2.65. The van der Waals surface area contributed by atoms with E-state index < -0.39 is 19.0 Å². The van der Waals surface area contributed by atoms with E-state index in [1.807, 2.05) is 0 Å². The number of hydrogen-bond donors (Lipinski definition) is 0. The van der Waals surface area contributed by atoms with Gasteiger partial charge >= 0.3 is 161 Å². The van der Waals surface area contributed by atoms with Crippen molar-refractivity contribution < 1.29 is 22.5 Å². The topological polar surface area (TPSA) is 26.3 Å². The summed E-state index contributed by atoms with van der Waals surface area (Å²) in [5.74, 6) is -2.18. The third-order valence-electron chi connectivity index (χ3n) is 5.03. The van der Waals surface area contributed by atoms with Crippen LogP contribution >= 0.6 is 6.83 Å². The third-order valence-corrected chi connectivity index (χ3v) is 11.0. The zero-order chi connectivity index (χ0) is 20.3. The molecule has 28 heavy (non-hydrogen) atoms. The fraction of sp³-hybridized carbons (Fsp3) is 0.136. The van der Waals surface area contributed by atoms with Crippen molar-refractivity contribution in [3.63, 3.8) is 0 Å². The molecule has 0 bridgehead atoms. The standard InChI is InChI=1S/C22H20F3O2P/c1-2-28(18-12-6-3-7-13-18,19-14-8-4-9-15-19,20-16-10-5-11-17-20)27-21(26)22(23,24)25/h3-17H,2H2,1H3. The molecule has 0 unspecified atom stereocenters. The average molecular weight is 404 g/mol. The van der Waals surface area contributed by atoms with Gasteiger partial charge in [0.1, 0.15) is 0 Å². The summed E-state index contributed by atoms with van der Waals surface area (Å²) in [5.41, 5.74) is 0. The van der Waals surface area contributed by atoms with Gasteiger partial charge in [-0.25, -0.2) is 0 Å². The Balaban J connectivity index is 2.48. The molecule has 3 aromatic rings. The second-order valence-electron chi connectivity index (χ2n) is 6.41. The molecule has 0 aliphatic rings. The molecule has 0 saturated carbocycles. The van der Waals surface area contributed by atoms with Gasteiger partial charge in [0.2, 0.25) is 0 Å². The fourth-order valence-corrected chi connectivity index (χ4v) is 9.00. The number of carbonyl (C=O) groups is 1. The zero-order valence-corrected chi connectivity index (χ0v) is 16.2. The fourth-order valence-electron chi connectivity index (χ4n) is 3.68. The van der Waals surface area contributed by atoms with Crippen molar-refractivity contribution in [3.05, 3.63) is 91.0 Å². The number of alkyl halides is 3. The second-order valence-corrected chi connectivity index (χ2v) is 11.2. The van der Waals surface area contributed by atoms with Crippen LogP contribution in [0.3, 0.4) is 0 Å². The van der Waals surface area contributed by atoms with Gasteiger partial charge in [-0.3, -0.25) is 0 Å². The molecule has 0 radical (unpaired) electrons. The molecule has 0 heterocycles. The van der Waals surface area contributed by atoms with Crippen LogP contribution < -0.4 is 15.9 Å². The number of benzene rings is 3. The summed E-state index contributed by atoms with van der Waals surface area (Å²) in [6, 6.07) is 26.3. The van der Waals surface area contributed by atoms with Crippen molar-refractivity contribution >= 4 is 28.7 Å². The minimum absolute atomic E-state index is 0.200. The van der Waals surface area contributed by atoms with E-state index in [0.717, 1.165) is 0 Å². The van der Waals surface area contributed by atoms with Crippen LogP contribution in [0.4, 0.5) is 13.2 Å². The van der Waals surface area contributed by atoms with Gasteiger partial charge in [-0.05, 0) is 0 Å². The summed E-state index contributed by atoms with van der Waals surface area (Å²) < 4.78 is 45.8. The molecule has 0 amide bonds. The van der Waals surface area contributed by atoms with Crippen molar-refractivity contribution in [2.45, 2.75) is 13.1 Å². The Morgan fingerprint density at radius 1 is 0.750 bits per heavy atom. The van der Waals surface area contributed by atoms with E-state index >= 15 is 0 Å². The maximum absolute atomic E-state index is 13.4. The molecular formula is C22H20F3O2P. The first-order valence-corrected chi connectivity index (χ1v) is 11.2. The molecule has 0 aliphatic heterocycles. The Morgan fingerprint density at radius 3 is 1.32 bits per heavy atom. The van der Waals surface area contributed by atoms with Crippen molar-refractivity contribution in [2.75, 3.05) is 6.16 Å². The van der Waals surface area contributed by atoms with Gasteiger partial charge in [-0.1, -0.05) is 0 Å². The van der Waals surface area contributed by atoms with Crippen LogP contribution in [0, 0.1) is 0 Å². The predicted octanol–water partition coefficient (Wildman–Crippen LogP) is 4.56. The van der Waals surface area contributed by atoms with Gasteiger partial charge in [0.25, 0.3) is 0 Å². The Morgan fingerprint density at radius 2 is 1.07 bits per heavy atom. The first-order valence-electron chi connectivity index (χ1n) is 8.83. The number of carbonyl (C=O) groups excluding carboxylic acids is 1. The molecule has 0 N–H and O–H groups in total. The molecule has 3 rings (SSSR count). The first kappa shape index (κ1) is 20.1. The van der Waals surface area contributed by atoms with Crippen LogP contribution in [-0.4, -0.2) is 18.3 Å². The zero-order valence-electron chi connectivity index (χ0n) is 15.3. The summed E-state index contributed by atoms with van der Waals surface area (Å²) in [6.07, 6.45) is -4.90. The summed E-state index contributed by atoms with van der Waals surface area (Å²) in [7, 11) is 0. The van der Waals surface area contributed by atoms with Crippen LogP contribution in [0.25, 0.3) is 0 Å². The third kappa shape index (κ3) is 3.10. The summed E-state index contributed by atoms with van der Waals surface area (Å²) >= 11 is 0. The van der Waals surface area contributed by atoms with Gasteiger partial charge in [-0.15, -0.1) is 0 Å². The minimum atomic E-state index is -5.10. The first-order chi connectivity index (χ1) is 13.3. The molecular weight excluding hydrogens is 384 g/mol. The number of hydrogen-bond acceptors (Lipinski definition) is 2. The van der Waals surface area contributed by atoms with E-state index in [2.05, 4.69) is 0 Å². The van der Waals surface area contributed by atoms with E-state index in [4.69, 9.17) is 4.52 Å². The van der Waals surface area contributed by atoms with Gasteiger partial charge in [0.15, 0.2) is 0 Å². The molecule has 0 aliphatic carbocycles. The molecule has 0 fully saturated rings. The normalized spacial score (nSPS) is 13.4. The van der Waals surface area contributed by atoms with E-state index in [0.29, 0.717) is 15.9 Å². The summed E-state index contributed by atoms with van der Waals surface area (Å²) in [4.78, 5) is 12.2. The van der Waals surface area contributed by atoms with Gasteiger partial charge < -0.3 is 0 Å².